The minimum atomic E-state index is -0.239. The number of anilines is 1. The molecule has 0 bridgehead atoms. The van der Waals surface area contributed by atoms with Gasteiger partial charge in [0.15, 0.2) is 0 Å². The average Bonchev–Trinajstić information content (AvgIpc) is 2.93. The molecule has 0 aliphatic carbocycles. The smallest absolute Gasteiger partial charge is 0.250 e. The second-order valence-electron chi connectivity index (χ2n) is 3.87. The maximum atomic E-state index is 11.6. The van der Waals surface area contributed by atoms with Gasteiger partial charge in [0.1, 0.15) is 18.1 Å². The van der Waals surface area contributed by atoms with Gasteiger partial charge in [-0.2, -0.15) is 0 Å². The summed E-state index contributed by atoms with van der Waals surface area (Å²) in [4.78, 5) is 11.6. The molecule has 1 aromatic carbocycles. The first-order valence-corrected chi connectivity index (χ1v) is 5.75. The quantitative estimate of drug-likeness (QED) is 0.898. The summed E-state index contributed by atoms with van der Waals surface area (Å²) in [7, 11) is 3.02. The van der Waals surface area contributed by atoms with Crippen LogP contribution < -0.4 is 10.1 Å². The number of methoxy groups -OCH3 is 2. The number of carbonyl (C=O) groups is 1. The molecular formula is C14H15NO4. The van der Waals surface area contributed by atoms with Crippen LogP contribution in [0.5, 0.6) is 5.75 Å². The zero-order valence-corrected chi connectivity index (χ0v) is 10.8. The summed E-state index contributed by atoms with van der Waals surface area (Å²) in [6.07, 6.45) is 1.60. The van der Waals surface area contributed by atoms with Crippen molar-refractivity contribution < 1.29 is 18.7 Å². The van der Waals surface area contributed by atoms with E-state index >= 15 is 0 Å². The SMILES string of the molecule is COCC(=O)Nc1cc(-c2ccco2)ccc1OC. The first-order valence-electron chi connectivity index (χ1n) is 5.75. The molecule has 0 unspecified atom stereocenters. The highest BCUT2D eigenvalue weighted by Crippen LogP contribution is 2.30. The number of nitrogens with one attached hydrogen (secondary N) is 1. The van der Waals surface area contributed by atoms with Crippen molar-refractivity contribution in [3.05, 3.63) is 36.6 Å². The Morgan fingerprint density at radius 3 is 2.79 bits per heavy atom. The third kappa shape index (κ3) is 3.14. The normalized spacial score (nSPS) is 10.2. The fourth-order valence-corrected chi connectivity index (χ4v) is 1.72. The number of hydrogen-bond acceptors (Lipinski definition) is 4. The maximum absolute atomic E-state index is 11.6. The molecule has 0 atom stereocenters. The molecule has 0 aliphatic rings. The van der Waals surface area contributed by atoms with E-state index in [1.807, 2.05) is 18.2 Å². The molecule has 2 aromatic rings. The molecule has 0 spiro atoms. The van der Waals surface area contributed by atoms with E-state index in [0.29, 0.717) is 11.4 Å². The van der Waals surface area contributed by atoms with Crippen LogP contribution in [0.3, 0.4) is 0 Å². The summed E-state index contributed by atoms with van der Waals surface area (Å²) in [5.74, 6) is 1.07. The van der Waals surface area contributed by atoms with Gasteiger partial charge in [0.25, 0.3) is 0 Å². The summed E-state index contributed by atoms with van der Waals surface area (Å²) in [6, 6.07) is 9.10. The molecule has 1 aromatic heterocycles. The standard InChI is InChI=1S/C14H15NO4/c1-17-9-14(16)15-11-8-10(5-6-13(11)18-2)12-4-3-7-19-12/h3-8H,9H2,1-2H3,(H,15,16). The van der Waals surface area contributed by atoms with Crippen LogP contribution in [0.25, 0.3) is 11.3 Å². The molecular weight excluding hydrogens is 246 g/mol. The Balaban J connectivity index is 2.29. The number of carbonyl (C=O) groups excluding carboxylic acids is 1. The highest BCUT2D eigenvalue weighted by molar-refractivity contribution is 5.94. The Morgan fingerprint density at radius 2 is 2.16 bits per heavy atom. The number of furan rings is 1. The van der Waals surface area contributed by atoms with Crippen LogP contribution in [-0.4, -0.2) is 26.7 Å². The molecule has 0 radical (unpaired) electrons. The van der Waals surface area contributed by atoms with Gasteiger partial charge in [-0.15, -0.1) is 0 Å². The molecule has 1 heterocycles. The Hall–Kier alpha value is -2.27. The molecule has 1 N–H and O–H groups in total. The first kappa shape index (κ1) is 13.2. The van der Waals surface area contributed by atoms with E-state index in [0.717, 1.165) is 11.3 Å². The van der Waals surface area contributed by atoms with Crippen molar-refractivity contribution in [1.82, 2.24) is 0 Å². The van der Waals surface area contributed by atoms with Crippen molar-refractivity contribution in [3.63, 3.8) is 0 Å². The molecule has 1 amide bonds. The van der Waals surface area contributed by atoms with Gasteiger partial charge in [-0.1, -0.05) is 0 Å². The van der Waals surface area contributed by atoms with Crippen molar-refractivity contribution in [1.29, 1.82) is 0 Å². The van der Waals surface area contributed by atoms with Gasteiger partial charge in [0.2, 0.25) is 5.91 Å². The van der Waals surface area contributed by atoms with Crippen LogP contribution in [0.4, 0.5) is 5.69 Å². The predicted octanol–water partition coefficient (Wildman–Crippen LogP) is 2.54. The summed E-state index contributed by atoms with van der Waals surface area (Å²) >= 11 is 0. The number of amides is 1. The van der Waals surface area contributed by atoms with Crippen LogP contribution >= 0.6 is 0 Å². The molecule has 2 rings (SSSR count). The summed E-state index contributed by atoms with van der Waals surface area (Å²) in [6.45, 7) is -0.00582. The molecule has 0 saturated carbocycles. The largest absolute Gasteiger partial charge is 0.495 e. The number of rotatable bonds is 5. The van der Waals surface area contributed by atoms with Gasteiger partial charge < -0.3 is 19.2 Å². The van der Waals surface area contributed by atoms with E-state index in [-0.39, 0.29) is 12.5 Å². The predicted molar refractivity (Wildman–Crippen MR) is 71.2 cm³/mol. The Morgan fingerprint density at radius 1 is 1.32 bits per heavy atom. The Kier molecular flexibility index (Phi) is 4.20. The van der Waals surface area contributed by atoms with E-state index in [1.165, 1.54) is 7.11 Å². The van der Waals surface area contributed by atoms with Gasteiger partial charge in [0.05, 0.1) is 19.1 Å². The second kappa shape index (κ2) is 6.06. The van der Waals surface area contributed by atoms with Crippen molar-refractivity contribution in [2.24, 2.45) is 0 Å². The lowest BCUT2D eigenvalue weighted by Crippen LogP contribution is -2.17. The van der Waals surface area contributed by atoms with Gasteiger partial charge >= 0.3 is 0 Å². The topological polar surface area (TPSA) is 60.7 Å². The lowest BCUT2D eigenvalue weighted by molar-refractivity contribution is -0.119. The zero-order valence-electron chi connectivity index (χ0n) is 10.8. The monoisotopic (exact) mass is 261 g/mol. The fraction of sp³-hybridized carbons (Fsp3) is 0.214. The molecule has 5 heteroatoms. The second-order valence-corrected chi connectivity index (χ2v) is 3.87. The third-order valence-corrected chi connectivity index (χ3v) is 2.55. The Bertz CT molecular complexity index is 549. The molecule has 100 valence electrons. The lowest BCUT2D eigenvalue weighted by Gasteiger charge is -2.11. The highest BCUT2D eigenvalue weighted by Gasteiger charge is 2.10. The van der Waals surface area contributed by atoms with Gasteiger partial charge in [-0.3, -0.25) is 4.79 Å². The van der Waals surface area contributed by atoms with Gasteiger partial charge in [-0.05, 0) is 30.3 Å². The van der Waals surface area contributed by atoms with E-state index < -0.39 is 0 Å². The first-order chi connectivity index (χ1) is 9.24. The van der Waals surface area contributed by atoms with Gasteiger partial charge in [0, 0.05) is 12.7 Å². The van der Waals surface area contributed by atoms with Crippen molar-refractivity contribution >= 4 is 11.6 Å². The van der Waals surface area contributed by atoms with Crippen molar-refractivity contribution in [2.75, 3.05) is 26.1 Å². The minimum absolute atomic E-state index is 0.00582. The van der Waals surface area contributed by atoms with Crippen molar-refractivity contribution in [2.45, 2.75) is 0 Å². The molecule has 5 nitrogen and oxygen atoms in total. The number of benzene rings is 1. The van der Waals surface area contributed by atoms with E-state index in [2.05, 4.69) is 5.32 Å². The van der Waals surface area contributed by atoms with Crippen LogP contribution in [-0.2, 0) is 9.53 Å². The van der Waals surface area contributed by atoms with Gasteiger partial charge in [-0.25, -0.2) is 0 Å². The van der Waals surface area contributed by atoms with Crippen LogP contribution in [0.15, 0.2) is 41.0 Å². The van der Waals surface area contributed by atoms with Crippen LogP contribution in [0.1, 0.15) is 0 Å². The summed E-state index contributed by atoms with van der Waals surface area (Å²) < 4.78 is 15.3. The van der Waals surface area contributed by atoms with Crippen molar-refractivity contribution in [3.8, 4) is 17.1 Å². The summed E-state index contributed by atoms with van der Waals surface area (Å²) in [5, 5.41) is 2.73. The molecule has 0 aliphatic heterocycles. The van der Waals surface area contributed by atoms with E-state index in [4.69, 9.17) is 13.9 Å². The van der Waals surface area contributed by atoms with Crippen LogP contribution in [0.2, 0.25) is 0 Å². The number of hydrogen-bond donors (Lipinski definition) is 1. The average molecular weight is 261 g/mol. The fourth-order valence-electron chi connectivity index (χ4n) is 1.72. The molecule has 19 heavy (non-hydrogen) atoms. The van der Waals surface area contributed by atoms with E-state index in [9.17, 15) is 4.79 Å². The minimum Gasteiger partial charge on any atom is -0.495 e. The summed E-state index contributed by atoms with van der Waals surface area (Å²) in [5.41, 5.74) is 1.44. The maximum Gasteiger partial charge on any atom is 0.250 e. The highest BCUT2D eigenvalue weighted by atomic mass is 16.5. The third-order valence-electron chi connectivity index (χ3n) is 2.55. The van der Waals surface area contributed by atoms with E-state index in [1.54, 1.807) is 25.5 Å². The molecule has 0 fully saturated rings. The van der Waals surface area contributed by atoms with Crippen LogP contribution in [0, 0.1) is 0 Å². The molecule has 0 saturated heterocycles. The number of ether oxygens (including phenoxy) is 2. The Labute approximate surface area is 111 Å². The zero-order chi connectivity index (χ0) is 13.7. The lowest BCUT2D eigenvalue weighted by atomic mass is 10.1.